The summed E-state index contributed by atoms with van der Waals surface area (Å²) in [6.07, 6.45) is -0.808. The molecule has 70 valence electrons. The predicted octanol–water partition coefficient (Wildman–Crippen LogP) is 1.02. The number of halogens is 1. The molecule has 1 aliphatic heterocycles. The molecule has 1 heterocycles. The van der Waals surface area contributed by atoms with Crippen LogP contribution in [0.2, 0.25) is 0 Å². The average Bonchev–Trinajstić information content (AvgIpc) is 2.04. The van der Waals surface area contributed by atoms with Gasteiger partial charge in [-0.15, -0.1) is 0 Å². The number of piperazine rings is 1. The van der Waals surface area contributed by atoms with E-state index < -0.39 is 6.09 Å². The molecule has 1 unspecified atom stereocenters. The Morgan fingerprint density at radius 1 is 1.42 bits per heavy atom. The van der Waals surface area contributed by atoms with E-state index in [1.807, 2.05) is 0 Å². The summed E-state index contributed by atoms with van der Waals surface area (Å²) in [5.41, 5.74) is 0. The fourth-order valence-electron chi connectivity index (χ4n) is 1.27. The first kappa shape index (κ1) is 9.80. The standard InChI is InChI=1S/C7H13BrN2O2/c1-6(8)9-2-4-10(5-3-9)7(11)12/h6H,2-5H2,1H3,(H,11,12). The highest BCUT2D eigenvalue weighted by atomic mass is 79.9. The van der Waals surface area contributed by atoms with Crippen LogP contribution < -0.4 is 0 Å². The van der Waals surface area contributed by atoms with Gasteiger partial charge in [-0.25, -0.2) is 4.79 Å². The van der Waals surface area contributed by atoms with Gasteiger partial charge in [-0.3, -0.25) is 4.90 Å². The van der Waals surface area contributed by atoms with Gasteiger partial charge in [-0.1, -0.05) is 15.9 Å². The third-order valence-corrected chi connectivity index (χ3v) is 2.67. The van der Waals surface area contributed by atoms with Gasteiger partial charge >= 0.3 is 6.09 Å². The minimum absolute atomic E-state index is 0.341. The number of hydrogen-bond donors (Lipinski definition) is 1. The minimum atomic E-state index is -0.808. The van der Waals surface area contributed by atoms with Gasteiger partial charge in [0, 0.05) is 26.2 Å². The van der Waals surface area contributed by atoms with Crippen molar-refractivity contribution in [1.29, 1.82) is 0 Å². The maximum Gasteiger partial charge on any atom is 0.407 e. The van der Waals surface area contributed by atoms with E-state index in [4.69, 9.17) is 5.11 Å². The first-order valence-electron chi connectivity index (χ1n) is 3.97. The molecule has 0 bridgehead atoms. The zero-order valence-corrected chi connectivity index (χ0v) is 8.62. The Kier molecular flexibility index (Phi) is 3.34. The van der Waals surface area contributed by atoms with E-state index in [2.05, 4.69) is 27.8 Å². The van der Waals surface area contributed by atoms with E-state index in [-0.39, 0.29) is 0 Å². The highest BCUT2D eigenvalue weighted by Gasteiger charge is 2.21. The summed E-state index contributed by atoms with van der Waals surface area (Å²) in [5, 5.41) is 8.66. The first-order chi connectivity index (χ1) is 5.61. The van der Waals surface area contributed by atoms with Crippen LogP contribution in [-0.4, -0.2) is 52.1 Å². The normalized spacial score (nSPS) is 22.3. The Labute approximate surface area is 80.3 Å². The van der Waals surface area contributed by atoms with Gasteiger partial charge in [0.25, 0.3) is 0 Å². The molecular weight excluding hydrogens is 224 g/mol. The van der Waals surface area contributed by atoms with E-state index in [1.165, 1.54) is 4.90 Å². The quantitative estimate of drug-likeness (QED) is 0.547. The summed E-state index contributed by atoms with van der Waals surface area (Å²) in [4.78, 5) is 14.5. The molecule has 0 saturated carbocycles. The van der Waals surface area contributed by atoms with E-state index in [0.29, 0.717) is 18.0 Å². The minimum Gasteiger partial charge on any atom is -0.465 e. The lowest BCUT2D eigenvalue weighted by atomic mass is 10.3. The lowest BCUT2D eigenvalue weighted by Gasteiger charge is -2.34. The summed E-state index contributed by atoms with van der Waals surface area (Å²) in [6, 6.07) is 0. The van der Waals surface area contributed by atoms with Crippen LogP contribution in [0.4, 0.5) is 4.79 Å². The van der Waals surface area contributed by atoms with Crippen molar-refractivity contribution in [3.05, 3.63) is 0 Å². The van der Waals surface area contributed by atoms with E-state index >= 15 is 0 Å². The van der Waals surface area contributed by atoms with Crippen molar-refractivity contribution in [2.45, 2.75) is 11.9 Å². The third kappa shape index (κ3) is 2.35. The molecule has 4 nitrogen and oxygen atoms in total. The van der Waals surface area contributed by atoms with Crippen LogP contribution in [0.5, 0.6) is 0 Å². The number of amides is 1. The van der Waals surface area contributed by atoms with Gasteiger partial charge in [0.2, 0.25) is 0 Å². The molecule has 1 N–H and O–H groups in total. The molecule has 1 fully saturated rings. The fourth-order valence-corrected chi connectivity index (χ4v) is 1.68. The number of carbonyl (C=O) groups is 1. The average molecular weight is 237 g/mol. The molecular formula is C7H13BrN2O2. The monoisotopic (exact) mass is 236 g/mol. The summed E-state index contributed by atoms with van der Waals surface area (Å²) in [7, 11) is 0. The Morgan fingerprint density at radius 2 is 1.92 bits per heavy atom. The van der Waals surface area contributed by atoms with Crippen LogP contribution in [0.25, 0.3) is 0 Å². The second-order valence-electron chi connectivity index (χ2n) is 2.88. The van der Waals surface area contributed by atoms with Crippen LogP contribution in [0.1, 0.15) is 6.92 Å². The third-order valence-electron chi connectivity index (χ3n) is 2.09. The number of hydrogen-bond acceptors (Lipinski definition) is 2. The van der Waals surface area contributed by atoms with Crippen LogP contribution in [0, 0.1) is 0 Å². The molecule has 5 heteroatoms. The number of carboxylic acid groups (broad SMARTS) is 1. The SMILES string of the molecule is CC(Br)N1CCN(C(=O)O)CC1. The smallest absolute Gasteiger partial charge is 0.407 e. The molecule has 1 rings (SSSR count). The lowest BCUT2D eigenvalue weighted by molar-refractivity contribution is 0.104. The highest BCUT2D eigenvalue weighted by Crippen LogP contribution is 2.10. The largest absolute Gasteiger partial charge is 0.465 e. The zero-order valence-electron chi connectivity index (χ0n) is 7.03. The molecule has 1 saturated heterocycles. The van der Waals surface area contributed by atoms with Crippen molar-refractivity contribution in [3.63, 3.8) is 0 Å². The molecule has 0 aromatic heterocycles. The van der Waals surface area contributed by atoms with Crippen molar-refractivity contribution >= 4 is 22.0 Å². The molecule has 12 heavy (non-hydrogen) atoms. The highest BCUT2D eigenvalue weighted by molar-refractivity contribution is 9.09. The van der Waals surface area contributed by atoms with E-state index in [1.54, 1.807) is 0 Å². The summed E-state index contributed by atoms with van der Waals surface area (Å²) in [5.74, 6) is 0. The Morgan fingerprint density at radius 3 is 2.25 bits per heavy atom. The topological polar surface area (TPSA) is 43.8 Å². The zero-order chi connectivity index (χ0) is 9.14. The maximum absolute atomic E-state index is 10.5. The van der Waals surface area contributed by atoms with Crippen molar-refractivity contribution in [1.82, 2.24) is 9.80 Å². The maximum atomic E-state index is 10.5. The van der Waals surface area contributed by atoms with Gasteiger partial charge in [0.1, 0.15) is 0 Å². The van der Waals surface area contributed by atoms with Crippen molar-refractivity contribution in [2.24, 2.45) is 0 Å². The van der Waals surface area contributed by atoms with E-state index in [0.717, 1.165) is 13.1 Å². The predicted molar refractivity (Wildman–Crippen MR) is 49.6 cm³/mol. The molecule has 1 aliphatic rings. The fraction of sp³-hybridized carbons (Fsp3) is 0.857. The summed E-state index contributed by atoms with van der Waals surface area (Å²) >= 11 is 3.45. The van der Waals surface area contributed by atoms with Crippen molar-refractivity contribution < 1.29 is 9.90 Å². The Bertz CT molecular complexity index is 167. The van der Waals surface area contributed by atoms with Gasteiger partial charge < -0.3 is 10.0 Å². The van der Waals surface area contributed by atoms with Gasteiger partial charge in [-0.2, -0.15) is 0 Å². The van der Waals surface area contributed by atoms with Crippen molar-refractivity contribution in [3.8, 4) is 0 Å². The Hall–Kier alpha value is -0.290. The number of rotatable bonds is 1. The summed E-state index contributed by atoms with van der Waals surface area (Å²) < 4.78 is 0. The summed E-state index contributed by atoms with van der Waals surface area (Å²) in [6.45, 7) is 4.92. The first-order valence-corrected chi connectivity index (χ1v) is 4.89. The molecule has 0 aromatic carbocycles. The second kappa shape index (κ2) is 4.09. The lowest BCUT2D eigenvalue weighted by Crippen LogP contribution is -2.49. The molecule has 0 spiro atoms. The molecule has 0 aliphatic carbocycles. The van der Waals surface area contributed by atoms with Crippen LogP contribution >= 0.6 is 15.9 Å². The van der Waals surface area contributed by atoms with Gasteiger partial charge in [0.15, 0.2) is 0 Å². The number of nitrogens with zero attached hydrogens (tertiary/aromatic N) is 2. The van der Waals surface area contributed by atoms with Gasteiger partial charge in [0.05, 0.1) is 4.95 Å². The van der Waals surface area contributed by atoms with Crippen LogP contribution in [0.15, 0.2) is 0 Å². The number of alkyl halides is 1. The molecule has 1 amide bonds. The van der Waals surface area contributed by atoms with Crippen molar-refractivity contribution in [2.75, 3.05) is 26.2 Å². The molecule has 0 radical (unpaired) electrons. The van der Waals surface area contributed by atoms with E-state index in [9.17, 15) is 4.79 Å². The molecule has 1 atom stereocenters. The van der Waals surface area contributed by atoms with Crippen LogP contribution in [0.3, 0.4) is 0 Å². The molecule has 0 aromatic rings. The second-order valence-corrected chi connectivity index (χ2v) is 4.20. The van der Waals surface area contributed by atoms with Gasteiger partial charge in [-0.05, 0) is 6.92 Å². The van der Waals surface area contributed by atoms with Crippen LogP contribution in [-0.2, 0) is 0 Å². The Balaban J connectivity index is 2.34.